The number of nitrogens with one attached hydrogen (secondary N) is 3. The van der Waals surface area contributed by atoms with Crippen LogP contribution in [0.15, 0.2) is 73.1 Å². The highest BCUT2D eigenvalue weighted by molar-refractivity contribution is 7.90. The van der Waals surface area contributed by atoms with Gasteiger partial charge < -0.3 is 24.6 Å². The lowest BCUT2D eigenvalue weighted by molar-refractivity contribution is -0.136. The van der Waals surface area contributed by atoms with Gasteiger partial charge in [-0.15, -0.1) is 0 Å². The fourth-order valence-corrected chi connectivity index (χ4v) is 12.2. The Kier molecular flexibility index (Phi) is 10.6. The second-order valence-corrected chi connectivity index (χ2v) is 20.7. The van der Waals surface area contributed by atoms with Crippen molar-refractivity contribution >= 4 is 61.8 Å². The third-order valence-corrected chi connectivity index (χ3v) is 16.0. The molecule has 3 aromatic carbocycles. The van der Waals surface area contributed by atoms with Gasteiger partial charge in [0.2, 0.25) is 17.6 Å². The molecule has 2 unspecified atom stereocenters. The van der Waals surface area contributed by atoms with Crippen LogP contribution in [0, 0.1) is 23.0 Å². The summed E-state index contributed by atoms with van der Waals surface area (Å²) in [4.78, 5) is 67.3. The standard InChI is InChI=1S/C48H48F3N9O6S/c49-32-13-16-59(23-32)67(65,66)55-39-8-7-38(50)42(43(39)51)44(62)37-20-53-45-36(37)18-30(19-52-45)29-1-3-33(4-2-29)57-14-11-28(12-15-57)21-56-24-48(25-56)26-58(27-48)34-5-6-35-31(17-34)22-60(47(35)64)40-9-10-41(61)54-46(40)63/h1-8,17-20,28,32,40,55H,9-16,21-27H2,(H,52,53)(H,54,61,63). The quantitative estimate of drug-likeness (QED) is 0.118. The lowest BCUT2D eigenvalue weighted by Crippen LogP contribution is -2.72. The van der Waals surface area contributed by atoms with Gasteiger partial charge in [0.05, 0.1) is 11.3 Å². The Morgan fingerprint density at radius 3 is 2.36 bits per heavy atom. The number of nitrogens with zero attached hydrogens (tertiary/aromatic N) is 6. The maximum Gasteiger partial charge on any atom is 0.301 e. The molecule has 2 atom stereocenters. The Morgan fingerprint density at radius 1 is 0.866 bits per heavy atom. The number of halogens is 3. The lowest BCUT2D eigenvalue weighted by atomic mass is 9.72. The van der Waals surface area contributed by atoms with Gasteiger partial charge in [-0.2, -0.15) is 12.7 Å². The van der Waals surface area contributed by atoms with Gasteiger partial charge in [-0.1, -0.05) is 12.1 Å². The summed E-state index contributed by atoms with van der Waals surface area (Å²) in [6.45, 7) is 6.95. The van der Waals surface area contributed by atoms with Crippen molar-refractivity contribution in [3.63, 3.8) is 0 Å². The number of hydrogen-bond acceptors (Lipinski definition) is 10. The predicted octanol–water partition coefficient (Wildman–Crippen LogP) is 5.24. The topological polar surface area (TPSA) is 171 Å². The first-order valence-corrected chi connectivity index (χ1v) is 24.2. The zero-order chi connectivity index (χ0) is 46.4. The monoisotopic (exact) mass is 935 g/mol. The van der Waals surface area contributed by atoms with Crippen molar-refractivity contribution in [1.82, 2.24) is 29.4 Å². The van der Waals surface area contributed by atoms with Gasteiger partial charge in [0.15, 0.2) is 5.82 Å². The molecule has 67 heavy (non-hydrogen) atoms. The van der Waals surface area contributed by atoms with E-state index in [9.17, 15) is 32.0 Å². The van der Waals surface area contributed by atoms with Crippen LogP contribution in [0.25, 0.3) is 22.2 Å². The van der Waals surface area contributed by atoms with E-state index in [1.807, 2.05) is 29.0 Å². The third kappa shape index (κ3) is 7.89. The molecule has 15 nitrogen and oxygen atoms in total. The number of hydrogen-bond donors (Lipinski definition) is 3. The minimum Gasteiger partial charge on any atom is -0.372 e. The van der Waals surface area contributed by atoms with Crippen molar-refractivity contribution in [2.24, 2.45) is 11.3 Å². The largest absolute Gasteiger partial charge is 0.372 e. The first kappa shape index (κ1) is 43.3. The van der Waals surface area contributed by atoms with Gasteiger partial charge in [-0.25, -0.2) is 18.2 Å². The van der Waals surface area contributed by atoms with Gasteiger partial charge in [0.1, 0.15) is 23.7 Å². The van der Waals surface area contributed by atoms with E-state index in [2.05, 4.69) is 48.2 Å². The number of benzene rings is 3. The summed E-state index contributed by atoms with van der Waals surface area (Å²) in [5, 5.41) is 2.70. The molecule has 5 saturated heterocycles. The number of pyridine rings is 1. The van der Waals surface area contributed by atoms with Crippen LogP contribution in [-0.2, 0) is 26.3 Å². The van der Waals surface area contributed by atoms with E-state index in [1.54, 1.807) is 17.2 Å². The van der Waals surface area contributed by atoms with E-state index in [0.29, 0.717) is 41.0 Å². The third-order valence-electron chi connectivity index (χ3n) is 14.5. The molecule has 348 valence electrons. The van der Waals surface area contributed by atoms with Crippen LogP contribution in [0.3, 0.4) is 0 Å². The van der Waals surface area contributed by atoms with E-state index in [4.69, 9.17) is 0 Å². The normalized spacial score (nSPS) is 22.3. The Labute approximate surface area is 384 Å². The molecule has 5 aromatic rings. The van der Waals surface area contributed by atoms with Crippen molar-refractivity contribution in [2.45, 2.75) is 50.9 Å². The number of rotatable bonds is 11. The highest BCUT2D eigenvalue weighted by Gasteiger charge is 2.52. The summed E-state index contributed by atoms with van der Waals surface area (Å²) in [6, 6.07) is 16.9. The summed E-state index contributed by atoms with van der Waals surface area (Å²) < 4.78 is 73.1. The van der Waals surface area contributed by atoms with Crippen molar-refractivity contribution in [3.05, 3.63) is 107 Å². The zero-order valence-electron chi connectivity index (χ0n) is 36.4. The second kappa shape index (κ2) is 16.5. The fraction of sp³-hybridized carbons (Fsp3) is 0.396. The number of H-pyrrole nitrogens is 1. The van der Waals surface area contributed by atoms with Crippen LogP contribution >= 0.6 is 0 Å². The number of likely N-dealkylation sites (tertiary alicyclic amines) is 1. The molecule has 0 saturated carbocycles. The number of aromatic nitrogens is 2. The average Bonchev–Trinajstić information content (AvgIpc) is 4.02. The molecule has 6 aliphatic rings. The van der Waals surface area contributed by atoms with Crippen LogP contribution in [0.2, 0.25) is 0 Å². The van der Waals surface area contributed by atoms with E-state index >= 15 is 8.78 Å². The number of carbonyl (C=O) groups excluding carboxylic acids is 4. The van der Waals surface area contributed by atoms with Gasteiger partial charge in [-0.05, 0) is 91.3 Å². The SMILES string of the molecule is O=C1CCC(N2Cc3cc(N4CC5(CN(CC6CCN(c7ccc(-c8cnc9[nH]cc(C(=O)c%10c(F)ccc(NS(=O)(=O)N%11CCC(F)C%11)c%10F)c9c8)cc7)CC6)C5)C4)ccc3C2=O)C(=O)N1. The molecule has 19 heteroatoms. The first-order valence-electron chi connectivity index (χ1n) is 22.7. The molecule has 2 aromatic heterocycles. The molecular formula is C48H48F3N9O6S. The van der Waals surface area contributed by atoms with E-state index in [1.165, 1.54) is 6.20 Å². The Morgan fingerprint density at radius 2 is 1.63 bits per heavy atom. The van der Waals surface area contributed by atoms with Gasteiger partial charge in [0, 0.05) is 123 Å². The number of aromatic amines is 1. The van der Waals surface area contributed by atoms with Crippen molar-refractivity contribution in [1.29, 1.82) is 0 Å². The highest BCUT2D eigenvalue weighted by atomic mass is 32.2. The number of amides is 3. The van der Waals surface area contributed by atoms with Crippen LogP contribution in [0.4, 0.5) is 30.2 Å². The van der Waals surface area contributed by atoms with Crippen LogP contribution in [-0.4, -0.2) is 127 Å². The summed E-state index contributed by atoms with van der Waals surface area (Å²) >= 11 is 0. The van der Waals surface area contributed by atoms with Crippen molar-refractivity contribution < 1.29 is 40.8 Å². The Hall–Kier alpha value is -6.31. The van der Waals surface area contributed by atoms with E-state index in [-0.39, 0.29) is 48.7 Å². The number of piperidine rings is 2. The number of imide groups is 1. The van der Waals surface area contributed by atoms with E-state index < -0.39 is 57.0 Å². The Balaban J connectivity index is 0.671. The molecule has 8 heterocycles. The molecule has 1 spiro atoms. The van der Waals surface area contributed by atoms with E-state index in [0.717, 1.165) is 97.6 Å². The summed E-state index contributed by atoms with van der Waals surface area (Å²) in [6.07, 6.45) is 4.38. The smallest absolute Gasteiger partial charge is 0.301 e. The minimum absolute atomic E-state index is 0.00522. The number of alkyl halides is 1. The maximum atomic E-state index is 15.8. The molecule has 0 bridgehead atoms. The second-order valence-electron chi connectivity index (χ2n) is 19.0. The average molecular weight is 936 g/mol. The lowest BCUT2D eigenvalue weighted by Gasteiger charge is -2.61. The molecule has 0 aliphatic carbocycles. The first-order chi connectivity index (χ1) is 32.2. The number of fused-ring (bicyclic) bond motifs is 2. The van der Waals surface area contributed by atoms with Gasteiger partial charge in [-0.3, -0.25) is 29.2 Å². The number of ketones is 1. The molecular weight excluding hydrogens is 888 g/mol. The molecule has 3 N–H and O–H groups in total. The zero-order valence-corrected chi connectivity index (χ0v) is 37.3. The molecule has 6 aliphatic heterocycles. The van der Waals surface area contributed by atoms with Gasteiger partial charge >= 0.3 is 10.2 Å². The molecule has 11 rings (SSSR count). The summed E-state index contributed by atoms with van der Waals surface area (Å²) in [7, 11) is -4.35. The highest BCUT2D eigenvalue weighted by Crippen LogP contribution is 2.44. The summed E-state index contributed by atoms with van der Waals surface area (Å²) in [5.41, 5.74) is 4.30. The predicted molar refractivity (Wildman–Crippen MR) is 243 cm³/mol. The molecule has 0 radical (unpaired) electrons. The fourth-order valence-electron chi connectivity index (χ4n) is 11.0. The maximum absolute atomic E-state index is 15.8. The van der Waals surface area contributed by atoms with Gasteiger partial charge in [0.25, 0.3) is 5.91 Å². The minimum atomic E-state index is -4.35. The van der Waals surface area contributed by atoms with Crippen molar-refractivity contribution in [3.8, 4) is 11.1 Å². The van der Waals surface area contributed by atoms with Crippen LogP contribution in [0.1, 0.15) is 63.9 Å². The number of carbonyl (C=O) groups is 4. The molecule has 3 amide bonds. The summed E-state index contributed by atoms with van der Waals surface area (Å²) in [5.74, 6) is -3.78. The van der Waals surface area contributed by atoms with Crippen LogP contribution < -0.4 is 19.8 Å². The van der Waals surface area contributed by atoms with Crippen molar-refractivity contribution in [2.75, 3.05) is 73.4 Å². The Bertz CT molecular complexity index is 2960. The van der Waals surface area contributed by atoms with Crippen LogP contribution in [0.5, 0.6) is 0 Å². The number of anilines is 3. The molecule has 5 fully saturated rings.